The zero-order valence-electron chi connectivity index (χ0n) is 17.0. The number of nitrogens with zero attached hydrogens (tertiary/aromatic N) is 2. The van der Waals surface area contributed by atoms with Gasteiger partial charge in [-0.2, -0.15) is 23.2 Å². The Morgan fingerprint density at radius 3 is 2.67 bits per heavy atom. The highest BCUT2D eigenvalue weighted by Gasteiger charge is 2.41. The first-order chi connectivity index (χ1) is 15.4. The van der Waals surface area contributed by atoms with Crippen LogP contribution in [0.2, 0.25) is 5.02 Å². The van der Waals surface area contributed by atoms with E-state index in [9.17, 15) is 30.8 Å². The summed E-state index contributed by atoms with van der Waals surface area (Å²) in [5.41, 5.74) is -0.617. The lowest BCUT2D eigenvalue weighted by molar-refractivity contribution is -0.147. The van der Waals surface area contributed by atoms with Gasteiger partial charge in [-0.25, -0.2) is 12.8 Å². The number of benzene rings is 1. The summed E-state index contributed by atoms with van der Waals surface area (Å²) in [4.78, 5) is 12.4. The molecule has 1 amide bonds. The van der Waals surface area contributed by atoms with Crippen LogP contribution in [0.25, 0.3) is 6.08 Å². The van der Waals surface area contributed by atoms with E-state index in [2.05, 4.69) is 5.32 Å². The molecule has 1 aromatic carbocycles. The number of rotatable bonds is 5. The Morgan fingerprint density at radius 1 is 1.33 bits per heavy atom. The lowest BCUT2D eigenvalue weighted by atomic mass is 10.2. The van der Waals surface area contributed by atoms with E-state index in [1.807, 2.05) is 0 Å². The van der Waals surface area contributed by atoms with E-state index in [1.165, 1.54) is 16.7 Å². The van der Waals surface area contributed by atoms with Crippen LogP contribution in [0.4, 0.5) is 23.2 Å². The highest BCUT2D eigenvalue weighted by atomic mass is 35.5. The second-order valence-corrected chi connectivity index (χ2v) is 9.25. The molecule has 2 heterocycles. The number of hydrogen-bond acceptors (Lipinski definition) is 4. The van der Waals surface area contributed by atoms with Gasteiger partial charge in [-0.3, -0.25) is 4.79 Å². The Morgan fingerprint density at radius 2 is 2.03 bits per heavy atom. The molecule has 0 saturated heterocycles. The summed E-state index contributed by atoms with van der Waals surface area (Å²) in [6, 6.07) is 2.47. The standard InChI is InChI=1S/C20H17ClF4N4O3S/c1-11(20(23,24)25)28-33(31,32)18-15-5-3-2-4-8-29(15)17(16(18)21)19(30)27-13-6-7-14(22)12(9-13)10-26/h3,5-7,9,11,28H,2,4,8H2,1H3,(H,27,30)/t11-/m1/s1. The molecule has 2 aromatic rings. The van der Waals surface area contributed by atoms with Crippen LogP contribution >= 0.6 is 11.6 Å². The summed E-state index contributed by atoms with van der Waals surface area (Å²) < 4.78 is 81.1. The van der Waals surface area contributed by atoms with E-state index >= 15 is 0 Å². The van der Waals surface area contributed by atoms with Gasteiger partial charge >= 0.3 is 6.18 Å². The smallest absolute Gasteiger partial charge is 0.335 e. The minimum Gasteiger partial charge on any atom is -0.335 e. The summed E-state index contributed by atoms with van der Waals surface area (Å²) >= 11 is 6.27. The molecule has 0 unspecified atom stereocenters. The Balaban J connectivity index is 2.09. The van der Waals surface area contributed by atoms with Crippen molar-refractivity contribution >= 4 is 39.3 Å². The van der Waals surface area contributed by atoms with Gasteiger partial charge < -0.3 is 9.88 Å². The topological polar surface area (TPSA) is 104 Å². The maximum Gasteiger partial charge on any atom is 0.404 e. The zero-order valence-corrected chi connectivity index (χ0v) is 18.6. The lowest BCUT2D eigenvalue weighted by Gasteiger charge is -2.17. The highest BCUT2D eigenvalue weighted by Crippen LogP contribution is 2.36. The van der Waals surface area contributed by atoms with Gasteiger partial charge in [0.25, 0.3) is 5.91 Å². The highest BCUT2D eigenvalue weighted by molar-refractivity contribution is 7.89. The van der Waals surface area contributed by atoms with Crippen LogP contribution in [0.3, 0.4) is 0 Å². The average molecular weight is 505 g/mol. The van der Waals surface area contributed by atoms with E-state index in [-0.39, 0.29) is 29.2 Å². The molecule has 3 rings (SSSR count). The zero-order chi connectivity index (χ0) is 24.6. The van der Waals surface area contributed by atoms with Crippen molar-refractivity contribution in [3.05, 3.63) is 52.1 Å². The van der Waals surface area contributed by atoms with Crippen LogP contribution < -0.4 is 10.0 Å². The number of aromatic nitrogens is 1. The molecule has 0 saturated carbocycles. The second kappa shape index (κ2) is 9.17. The summed E-state index contributed by atoms with van der Waals surface area (Å²) in [5.74, 6) is -1.68. The molecule has 33 heavy (non-hydrogen) atoms. The molecule has 1 atom stereocenters. The number of nitriles is 1. The van der Waals surface area contributed by atoms with Crippen molar-refractivity contribution in [3.8, 4) is 6.07 Å². The first-order valence-corrected chi connectivity index (χ1v) is 11.4. The third kappa shape index (κ3) is 5.05. The number of halogens is 5. The minimum atomic E-state index is -4.84. The lowest BCUT2D eigenvalue weighted by Crippen LogP contribution is -2.43. The molecular formula is C20H17ClF4N4O3S. The van der Waals surface area contributed by atoms with Gasteiger partial charge in [0.2, 0.25) is 10.0 Å². The van der Waals surface area contributed by atoms with Gasteiger partial charge in [-0.1, -0.05) is 17.7 Å². The molecule has 176 valence electrons. The van der Waals surface area contributed by atoms with Crippen LogP contribution in [0.5, 0.6) is 0 Å². The maximum absolute atomic E-state index is 13.6. The van der Waals surface area contributed by atoms with Crippen molar-refractivity contribution in [1.29, 1.82) is 5.26 Å². The molecule has 2 N–H and O–H groups in total. The van der Waals surface area contributed by atoms with Crippen LogP contribution in [-0.4, -0.2) is 31.1 Å². The molecular weight excluding hydrogens is 488 g/mol. The maximum atomic E-state index is 13.6. The SMILES string of the molecule is C[C@@H](NS(=O)(=O)c1c(Cl)c(C(=O)Nc2ccc(F)c(C#N)c2)n2c1C=CCCC2)C(F)(F)F. The molecule has 0 fully saturated rings. The molecule has 13 heteroatoms. The Hall–Kier alpha value is -2.88. The summed E-state index contributed by atoms with van der Waals surface area (Å²) in [7, 11) is -4.78. The summed E-state index contributed by atoms with van der Waals surface area (Å²) in [5, 5.41) is 10.8. The van der Waals surface area contributed by atoms with Crippen LogP contribution in [0, 0.1) is 17.1 Å². The molecule has 0 aliphatic carbocycles. The van der Waals surface area contributed by atoms with E-state index in [4.69, 9.17) is 16.9 Å². The van der Waals surface area contributed by atoms with Gasteiger partial charge in [0, 0.05) is 12.2 Å². The molecule has 0 bridgehead atoms. The number of sulfonamides is 1. The Labute approximate surface area is 191 Å². The van der Waals surface area contributed by atoms with Gasteiger partial charge in [0.15, 0.2) is 0 Å². The first-order valence-electron chi connectivity index (χ1n) is 9.55. The van der Waals surface area contributed by atoms with Crippen molar-refractivity contribution < 1.29 is 30.8 Å². The van der Waals surface area contributed by atoms with Crippen molar-refractivity contribution in [3.63, 3.8) is 0 Å². The predicted molar refractivity (Wildman–Crippen MR) is 113 cm³/mol. The quantitative estimate of drug-likeness (QED) is 0.587. The minimum absolute atomic E-state index is 0.0404. The van der Waals surface area contributed by atoms with E-state index in [0.717, 1.165) is 12.1 Å². The number of allylic oxidation sites excluding steroid dienone is 1. The van der Waals surface area contributed by atoms with Gasteiger partial charge in [0.05, 0.1) is 16.3 Å². The van der Waals surface area contributed by atoms with Crippen molar-refractivity contribution in [1.82, 2.24) is 9.29 Å². The number of carbonyl (C=O) groups is 1. The molecule has 0 spiro atoms. The van der Waals surface area contributed by atoms with Crippen molar-refractivity contribution in [2.75, 3.05) is 5.32 Å². The molecule has 0 radical (unpaired) electrons. The average Bonchev–Trinajstić information content (AvgIpc) is 2.84. The van der Waals surface area contributed by atoms with Crippen LogP contribution in [0.1, 0.15) is 41.5 Å². The number of fused-ring (bicyclic) bond motifs is 1. The van der Waals surface area contributed by atoms with Crippen LogP contribution in [-0.2, 0) is 16.6 Å². The largest absolute Gasteiger partial charge is 0.404 e. The van der Waals surface area contributed by atoms with Gasteiger partial charge in [0.1, 0.15) is 28.5 Å². The van der Waals surface area contributed by atoms with Gasteiger partial charge in [-0.05, 0) is 44.0 Å². The number of hydrogen-bond donors (Lipinski definition) is 2. The Bertz CT molecular complexity index is 1280. The van der Waals surface area contributed by atoms with Crippen LogP contribution in [0.15, 0.2) is 29.2 Å². The van der Waals surface area contributed by atoms with Crippen molar-refractivity contribution in [2.45, 2.75) is 43.4 Å². The number of alkyl halides is 3. The fraction of sp³-hybridized carbons (Fsp3) is 0.300. The third-order valence-electron chi connectivity index (χ3n) is 4.88. The number of carbonyl (C=O) groups excluding carboxylic acids is 1. The Kier molecular flexibility index (Phi) is 6.88. The van der Waals surface area contributed by atoms with Crippen molar-refractivity contribution in [2.24, 2.45) is 0 Å². The fourth-order valence-electron chi connectivity index (χ4n) is 3.26. The number of amides is 1. The summed E-state index contributed by atoms with van der Waals surface area (Å²) in [6.45, 7) is 0.812. The molecule has 7 nitrogen and oxygen atoms in total. The van der Waals surface area contributed by atoms with E-state index in [0.29, 0.717) is 19.8 Å². The third-order valence-corrected chi connectivity index (χ3v) is 6.97. The monoisotopic (exact) mass is 504 g/mol. The number of anilines is 1. The van der Waals surface area contributed by atoms with Gasteiger partial charge in [-0.15, -0.1) is 0 Å². The van der Waals surface area contributed by atoms with E-state index < -0.39 is 43.9 Å². The molecule has 1 aliphatic rings. The molecule has 1 aliphatic heterocycles. The summed E-state index contributed by atoms with van der Waals surface area (Å²) in [6.07, 6.45) is -0.783. The number of nitrogens with one attached hydrogen (secondary N) is 2. The normalized spacial score (nSPS) is 14.8. The first kappa shape index (κ1) is 24.8. The predicted octanol–water partition coefficient (Wildman–Crippen LogP) is 4.44. The second-order valence-electron chi connectivity index (χ2n) is 7.22. The fourth-order valence-corrected chi connectivity index (χ4v) is 5.35. The van der Waals surface area contributed by atoms with E-state index in [1.54, 1.807) is 16.9 Å². The molecule has 1 aromatic heterocycles.